The predicted molar refractivity (Wildman–Crippen MR) is 73.7 cm³/mol. The van der Waals surface area contributed by atoms with Gasteiger partial charge < -0.3 is 17.0 Å². The molecule has 1 heterocycles. The number of aryl methyl sites for hydroxylation is 1. The summed E-state index contributed by atoms with van der Waals surface area (Å²) in [6.07, 6.45) is 3.76. The molecular formula is C15H16BrF3S. The van der Waals surface area contributed by atoms with Crippen LogP contribution in [0.5, 0.6) is 0 Å². The molecule has 0 N–H and O–H groups in total. The average molecular weight is 365 g/mol. The van der Waals surface area contributed by atoms with Crippen molar-refractivity contribution in [3.05, 3.63) is 34.7 Å². The molecule has 110 valence electrons. The summed E-state index contributed by atoms with van der Waals surface area (Å²) in [6, 6.07) is 7.26. The van der Waals surface area contributed by atoms with E-state index in [4.69, 9.17) is 0 Å². The normalized spacial score (nSPS) is 16.9. The Labute approximate surface area is 129 Å². The van der Waals surface area contributed by atoms with Crippen LogP contribution in [-0.2, 0) is 11.9 Å². The second kappa shape index (κ2) is 5.68. The van der Waals surface area contributed by atoms with E-state index >= 15 is 0 Å². The van der Waals surface area contributed by atoms with Gasteiger partial charge in [0.2, 0.25) is 0 Å². The minimum Gasteiger partial charge on any atom is -1.00 e. The third kappa shape index (κ3) is 2.62. The van der Waals surface area contributed by atoms with Crippen molar-refractivity contribution in [3.8, 4) is 0 Å². The van der Waals surface area contributed by atoms with Crippen LogP contribution in [0.4, 0.5) is 13.2 Å². The molecule has 1 aromatic heterocycles. The summed E-state index contributed by atoms with van der Waals surface area (Å²) in [6.45, 7) is 2.02. The highest BCUT2D eigenvalue weighted by atomic mass is 79.9. The van der Waals surface area contributed by atoms with Crippen molar-refractivity contribution in [2.75, 3.05) is 0 Å². The molecule has 20 heavy (non-hydrogen) atoms. The Hall–Kier alpha value is -0.550. The number of alkyl halides is 3. The molecule has 2 aromatic rings. The van der Waals surface area contributed by atoms with Gasteiger partial charge in [0, 0.05) is 17.4 Å². The first-order valence-corrected chi connectivity index (χ1v) is 7.89. The zero-order valence-corrected chi connectivity index (χ0v) is 13.5. The Morgan fingerprint density at radius 2 is 1.90 bits per heavy atom. The SMILES string of the molecule is CCc1ccc2c(c1)cc(C1CCC1)[s+]2C(F)(F)F.[Br-]. The Kier molecular flexibility index (Phi) is 4.50. The lowest BCUT2D eigenvalue weighted by Gasteiger charge is -2.21. The largest absolute Gasteiger partial charge is 1.00 e. The summed E-state index contributed by atoms with van der Waals surface area (Å²) < 4.78 is 40.6. The van der Waals surface area contributed by atoms with Gasteiger partial charge in [-0.25, -0.2) is 0 Å². The topological polar surface area (TPSA) is 0 Å². The molecule has 0 radical (unpaired) electrons. The number of hydrogen-bond acceptors (Lipinski definition) is 0. The van der Waals surface area contributed by atoms with E-state index in [1.54, 1.807) is 6.07 Å². The van der Waals surface area contributed by atoms with Crippen LogP contribution >= 0.6 is 10.5 Å². The van der Waals surface area contributed by atoms with Crippen molar-refractivity contribution in [2.24, 2.45) is 0 Å². The molecule has 1 fully saturated rings. The van der Waals surface area contributed by atoms with E-state index in [1.165, 1.54) is 0 Å². The summed E-state index contributed by atoms with van der Waals surface area (Å²) in [5.74, 6) is 0.155. The molecule has 1 saturated carbocycles. The lowest BCUT2D eigenvalue weighted by atomic mass is 9.84. The van der Waals surface area contributed by atoms with Crippen LogP contribution in [0.1, 0.15) is 42.5 Å². The third-order valence-corrected chi connectivity index (χ3v) is 6.17. The first-order valence-electron chi connectivity index (χ1n) is 6.66. The number of hydrogen-bond donors (Lipinski definition) is 0. The molecule has 1 unspecified atom stereocenters. The molecule has 0 bridgehead atoms. The summed E-state index contributed by atoms with van der Waals surface area (Å²) >= 11 is 0. The maximum atomic E-state index is 13.4. The summed E-state index contributed by atoms with van der Waals surface area (Å²) in [5, 5.41) is 0.793. The molecule has 1 aliphatic rings. The number of rotatable bonds is 2. The van der Waals surface area contributed by atoms with Gasteiger partial charge in [0.05, 0.1) is 10.5 Å². The van der Waals surface area contributed by atoms with Gasteiger partial charge in [0.15, 0.2) is 9.58 Å². The molecule has 0 saturated heterocycles. The zero-order valence-electron chi connectivity index (χ0n) is 11.1. The van der Waals surface area contributed by atoms with Crippen LogP contribution in [0.15, 0.2) is 24.3 Å². The summed E-state index contributed by atoms with van der Waals surface area (Å²) in [4.78, 5) is 0.627. The first kappa shape index (κ1) is 15.8. The highest BCUT2D eigenvalue weighted by Gasteiger charge is 2.50. The minimum absolute atomic E-state index is 0. The van der Waals surface area contributed by atoms with Gasteiger partial charge in [-0.3, -0.25) is 0 Å². The van der Waals surface area contributed by atoms with Crippen molar-refractivity contribution in [1.29, 1.82) is 0 Å². The second-order valence-corrected chi connectivity index (χ2v) is 7.14. The zero-order chi connectivity index (χ0) is 13.6. The van der Waals surface area contributed by atoms with Crippen LogP contribution in [0, 0.1) is 0 Å². The fraction of sp³-hybridized carbons (Fsp3) is 0.467. The van der Waals surface area contributed by atoms with Gasteiger partial charge >= 0.3 is 5.51 Å². The number of halogens is 4. The second-order valence-electron chi connectivity index (χ2n) is 5.15. The smallest absolute Gasteiger partial charge is 0.600 e. The maximum absolute atomic E-state index is 13.4. The molecule has 0 amide bonds. The van der Waals surface area contributed by atoms with Gasteiger partial charge in [-0.05, 0) is 37.0 Å². The van der Waals surface area contributed by atoms with E-state index in [1.807, 2.05) is 25.1 Å². The van der Waals surface area contributed by atoms with Crippen LogP contribution in [-0.4, -0.2) is 0 Å². The monoisotopic (exact) mass is 364 g/mol. The lowest BCUT2D eigenvalue weighted by Crippen LogP contribution is -3.00. The molecule has 0 aliphatic heterocycles. The maximum Gasteiger partial charge on any atom is 0.600 e. The lowest BCUT2D eigenvalue weighted by molar-refractivity contribution is -0.0868. The van der Waals surface area contributed by atoms with Crippen molar-refractivity contribution in [3.63, 3.8) is 0 Å². The van der Waals surface area contributed by atoms with Crippen molar-refractivity contribution in [1.82, 2.24) is 0 Å². The standard InChI is InChI=1S/C15H16F3S.BrH/c1-2-10-6-7-13-12(8-10)9-14(11-4-3-5-11)19(13)15(16,17)18;/h6-9,11H,2-5H2,1H3;1H/q+1;/p-1. The van der Waals surface area contributed by atoms with E-state index in [2.05, 4.69) is 0 Å². The number of benzene rings is 1. The molecule has 1 atom stereocenters. The van der Waals surface area contributed by atoms with Crippen molar-refractivity contribution < 1.29 is 30.2 Å². The Morgan fingerprint density at radius 3 is 2.40 bits per heavy atom. The molecule has 0 nitrogen and oxygen atoms in total. The van der Waals surface area contributed by atoms with E-state index in [0.717, 1.165) is 36.6 Å². The van der Waals surface area contributed by atoms with Crippen LogP contribution in [0.3, 0.4) is 0 Å². The number of thiophene rings is 1. The summed E-state index contributed by atoms with van der Waals surface area (Å²) in [5.41, 5.74) is -3.03. The minimum atomic E-state index is -4.14. The highest BCUT2D eigenvalue weighted by Crippen LogP contribution is 2.56. The van der Waals surface area contributed by atoms with Crippen LogP contribution in [0.2, 0.25) is 0 Å². The van der Waals surface area contributed by atoms with E-state index < -0.39 is 16.0 Å². The Morgan fingerprint density at radius 1 is 1.20 bits per heavy atom. The van der Waals surface area contributed by atoms with E-state index in [9.17, 15) is 13.2 Å². The molecule has 5 heteroatoms. The quantitative estimate of drug-likeness (QED) is 0.718. The van der Waals surface area contributed by atoms with Crippen molar-refractivity contribution >= 4 is 20.6 Å². The van der Waals surface area contributed by atoms with Gasteiger partial charge in [0.25, 0.3) is 0 Å². The van der Waals surface area contributed by atoms with E-state index in [-0.39, 0.29) is 22.9 Å². The average Bonchev–Trinajstić information content (AvgIpc) is 2.63. The van der Waals surface area contributed by atoms with E-state index in [0.29, 0.717) is 9.58 Å². The van der Waals surface area contributed by atoms with Gasteiger partial charge in [-0.15, -0.1) is 13.2 Å². The Bertz CT molecular complexity index is 611. The number of fused-ring (bicyclic) bond motifs is 1. The van der Waals surface area contributed by atoms with Crippen LogP contribution < -0.4 is 17.0 Å². The van der Waals surface area contributed by atoms with Gasteiger partial charge in [0.1, 0.15) is 0 Å². The fourth-order valence-electron chi connectivity index (χ4n) is 2.69. The summed E-state index contributed by atoms with van der Waals surface area (Å²) in [7, 11) is -1.69. The molecule has 0 spiro atoms. The van der Waals surface area contributed by atoms with Gasteiger partial charge in [-0.1, -0.05) is 19.4 Å². The van der Waals surface area contributed by atoms with Crippen LogP contribution in [0.25, 0.3) is 10.1 Å². The molecule has 3 rings (SSSR count). The predicted octanol–water partition coefficient (Wildman–Crippen LogP) is 2.90. The highest BCUT2D eigenvalue weighted by molar-refractivity contribution is 7.38. The fourth-order valence-corrected chi connectivity index (χ4v) is 4.83. The molecule has 1 aromatic carbocycles. The Balaban J connectivity index is 0.00000147. The van der Waals surface area contributed by atoms with Gasteiger partial charge in [-0.2, -0.15) is 0 Å². The third-order valence-electron chi connectivity index (χ3n) is 3.97. The molecule has 1 aliphatic carbocycles. The first-order chi connectivity index (χ1) is 9.00. The molecular weight excluding hydrogens is 349 g/mol. The van der Waals surface area contributed by atoms with Crippen molar-refractivity contribution in [2.45, 2.75) is 44.0 Å².